The number of alkyl halides is 3. The lowest BCUT2D eigenvalue weighted by Gasteiger charge is -2.45. The Hall–Kier alpha value is -2.74. The quantitative estimate of drug-likeness (QED) is 0.117. The number of nitrogens with one attached hydrogen (secondary N) is 1. The molecule has 0 spiro atoms. The molecule has 252 valence electrons. The van der Waals surface area contributed by atoms with E-state index in [1.165, 1.54) is 6.92 Å². The molecule has 1 N–H and O–H groups in total. The van der Waals surface area contributed by atoms with E-state index in [2.05, 4.69) is 5.32 Å². The smallest absolute Gasteiger partial charge is 0.407 e. The van der Waals surface area contributed by atoms with E-state index in [-0.39, 0.29) is 13.2 Å². The molecule has 46 heavy (non-hydrogen) atoms. The van der Waals surface area contributed by atoms with Crippen LogP contribution in [0.15, 0.2) is 60.7 Å². The third kappa shape index (κ3) is 13.5. The monoisotopic (exact) mass is 723 g/mol. The molecule has 0 saturated carbocycles. The number of carbonyl (C=O) groups excluding carboxylic acids is 4. The molecule has 1 aliphatic rings. The molecule has 1 aliphatic heterocycles. The van der Waals surface area contributed by atoms with Crippen molar-refractivity contribution < 1.29 is 56.4 Å². The number of carbonyl (C=O) groups is 4. The number of amides is 1. The minimum absolute atomic E-state index is 0.0672. The van der Waals surface area contributed by atoms with Gasteiger partial charge in [-0.25, -0.2) is 4.79 Å². The van der Waals surface area contributed by atoms with Crippen molar-refractivity contribution in [1.29, 1.82) is 0 Å². The summed E-state index contributed by atoms with van der Waals surface area (Å²) >= 11 is 17.2. The zero-order valence-electron chi connectivity index (χ0n) is 25.0. The minimum Gasteiger partial charge on any atom is -0.463 e. The highest BCUT2D eigenvalue weighted by molar-refractivity contribution is 7.41. The van der Waals surface area contributed by atoms with Gasteiger partial charge in [-0.2, -0.15) is 0 Å². The first-order valence-corrected chi connectivity index (χ1v) is 16.0. The van der Waals surface area contributed by atoms with Crippen molar-refractivity contribution in [3.05, 3.63) is 71.8 Å². The van der Waals surface area contributed by atoms with Crippen LogP contribution in [-0.4, -0.2) is 71.7 Å². The van der Waals surface area contributed by atoms with Gasteiger partial charge in [-0.3, -0.25) is 18.9 Å². The molecule has 13 nitrogen and oxygen atoms in total. The summed E-state index contributed by atoms with van der Waals surface area (Å²) < 4.78 is 43.5. The largest absolute Gasteiger partial charge is 0.463 e. The SMILES string of the molecule is CC(=O)OC[C@H]1O[C@@H](OP(OCc2ccccc2)OCc2ccccc2)[C@H](NC(=O)OCC(Cl)(Cl)Cl)[C@@H](OC(C)=O)[C@@H]1OC(C)=O. The molecule has 1 saturated heterocycles. The third-order valence-electron chi connectivity index (χ3n) is 5.90. The van der Waals surface area contributed by atoms with Crippen LogP contribution >= 0.6 is 43.4 Å². The lowest BCUT2D eigenvalue weighted by atomic mass is 9.96. The number of esters is 3. The van der Waals surface area contributed by atoms with Gasteiger partial charge >= 0.3 is 32.6 Å². The van der Waals surface area contributed by atoms with E-state index in [1.807, 2.05) is 60.7 Å². The van der Waals surface area contributed by atoms with Crippen molar-refractivity contribution in [2.24, 2.45) is 0 Å². The van der Waals surface area contributed by atoms with Gasteiger partial charge in [-0.1, -0.05) is 95.5 Å². The summed E-state index contributed by atoms with van der Waals surface area (Å²) in [5.41, 5.74) is 1.61. The zero-order valence-corrected chi connectivity index (χ0v) is 28.1. The maximum atomic E-state index is 12.9. The molecule has 3 rings (SSSR count). The van der Waals surface area contributed by atoms with Crippen LogP contribution < -0.4 is 5.32 Å². The summed E-state index contributed by atoms with van der Waals surface area (Å²) in [4.78, 5) is 49.0. The molecule has 1 fully saturated rings. The van der Waals surface area contributed by atoms with E-state index in [0.717, 1.165) is 25.0 Å². The number of hydrogen-bond acceptors (Lipinski definition) is 12. The van der Waals surface area contributed by atoms with Gasteiger partial charge < -0.3 is 38.0 Å². The summed E-state index contributed by atoms with van der Waals surface area (Å²) in [6, 6.07) is 16.9. The fourth-order valence-electron chi connectivity index (χ4n) is 4.06. The first-order chi connectivity index (χ1) is 21.8. The predicted octanol–water partition coefficient (Wildman–Crippen LogP) is 5.28. The van der Waals surface area contributed by atoms with Gasteiger partial charge in [0.1, 0.15) is 25.4 Å². The van der Waals surface area contributed by atoms with Crippen molar-refractivity contribution in [3.8, 4) is 0 Å². The number of benzene rings is 2. The fraction of sp³-hybridized carbons (Fsp3) is 0.448. The molecule has 2 aromatic carbocycles. The van der Waals surface area contributed by atoms with Gasteiger partial charge in [0, 0.05) is 20.8 Å². The van der Waals surface area contributed by atoms with Crippen LogP contribution in [0.2, 0.25) is 0 Å². The van der Waals surface area contributed by atoms with Crippen LogP contribution in [0.3, 0.4) is 0 Å². The first-order valence-electron chi connectivity index (χ1n) is 13.7. The summed E-state index contributed by atoms with van der Waals surface area (Å²) in [6.45, 7) is 2.44. The highest BCUT2D eigenvalue weighted by Crippen LogP contribution is 2.45. The average Bonchev–Trinajstić information content (AvgIpc) is 2.99. The van der Waals surface area contributed by atoms with Gasteiger partial charge in [0.2, 0.25) is 3.79 Å². The second kappa shape index (κ2) is 18.6. The fourth-order valence-corrected chi connectivity index (χ4v) is 5.28. The highest BCUT2D eigenvalue weighted by atomic mass is 35.6. The number of halogens is 3. The molecule has 1 amide bonds. The Bertz CT molecular complexity index is 1240. The van der Waals surface area contributed by atoms with Gasteiger partial charge in [0.05, 0.1) is 13.2 Å². The Morgan fingerprint density at radius 2 is 1.30 bits per heavy atom. The predicted molar refractivity (Wildman–Crippen MR) is 165 cm³/mol. The molecule has 0 aromatic heterocycles. The Labute approximate surface area is 281 Å². The van der Waals surface area contributed by atoms with Crippen LogP contribution in [-0.2, 0) is 64.9 Å². The zero-order chi connectivity index (χ0) is 33.7. The summed E-state index contributed by atoms with van der Waals surface area (Å²) in [5, 5.41) is 2.47. The topological polar surface area (TPSA) is 154 Å². The molecule has 5 atom stereocenters. The summed E-state index contributed by atoms with van der Waals surface area (Å²) in [5.74, 6) is -2.25. The number of rotatable bonds is 14. The molecule has 0 bridgehead atoms. The van der Waals surface area contributed by atoms with Crippen molar-refractivity contribution in [2.45, 2.75) is 68.4 Å². The lowest BCUT2D eigenvalue weighted by molar-refractivity contribution is -0.258. The van der Waals surface area contributed by atoms with E-state index in [9.17, 15) is 19.2 Å². The van der Waals surface area contributed by atoms with E-state index in [1.54, 1.807) is 0 Å². The molecule has 0 unspecified atom stereocenters. The Balaban J connectivity index is 1.97. The van der Waals surface area contributed by atoms with Crippen molar-refractivity contribution >= 4 is 67.4 Å². The molecule has 0 aliphatic carbocycles. The second-order valence-corrected chi connectivity index (χ2v) is 13.4. The number of alkyl carbamates (subject to hydrolysis) is 1. The standard InChI is InChI=1S/C29H33Cl3NO12P/c1-18(34)38-16-23-25(42-19(2)35)26(43-20(3)36)24(33-28(37)39-17-29(30,31)32)27(44-23)45-46(40-14-21-10-6-4-7-11-21)41-15-22-12-8-5-9-13-22/h4-13,23-27H,14-17H2,1-3H3,(H,33,37)/t23-,24-,25-,26-,27+/m1/s1. The van der Waals surface area contributed by atoms with Gasteiger partial charge in [-0.05, 0) is 11.1 Å². The Morgan fingerprint density at radius 3 is 1.78 bits per heavy atom. The van der Waals surface area contributed by atoms with Gasteiger partial charge in [0.15, 0.2) is 18.5 Å². The first kappa shape index (κ1) is 37.7. The van der Waals surface area contributed by atoms with Crippen LogP contribution in [0.4, 0.5) is 4.79 Å². The lowest BCUT2D eigenvalue weighted by Crippen LogP contribution is -2.66. The Kier molecular flexibility index (Phi) is 15.2. The van der Waals surface area contributed by atoms with Crippen LogP contribution in [0.5, 0.6) is 0 Å². The van der Waals surface area contributed by atoms with Crippen LogP contribution in [0, 0.1) is 0 Å². The summed E-state index contributed by atoms with van der Waals surface area (Å²) in [7, 11) is -2.26. The third-order valence-corrected chi connectivity index (χ3v) is 7.29. The molecular weight excluding hydrogens is 692 g/mol. The maximum absolute atomic E-state index is 12.9. The average molecular weight is 725 g/mol. The molecule has 1 heterocycles. The number of hydrogen-bond donors (Lipinski definition) is 1. The molecule has 17 heteroatoms. The van der Waals surface area contributed by atoms with E-state index < -0.39 is 80.3 Å². The Morgan fingerprint density at radius 1 is 0.783 bits per heavy atom. The highest BCUT2D eigenvalue weighted by Gasteiger charge is 2.52. The summed E-state index contributed by atoms with van der Waals surface area (Å²) in [6.07, 6.45) is -6.72. The maximum Gasteiger partial charge on any atom is 0.407 e. The van der Waals surface area contributed by atoms with Crippen molar-refractivity contribution in [3.63, 3.8) is 0 Å². The second-order valence-electron chi connectivity index (χ2n) is 9.70. The van der Waals surface area contributed by atoms with Crippen molar-refractivity contribution in [2.75, 3.05) is 13.2 Å². The van der Waals surface area contributed by atoms with E-state index in [4.69, 9.17) is 72.1 Å². The van der Waals surface area contributed by atoms with E-state index >= 15 is 0 Å². The normalized spacial score (nSPS) is 21.2. The van der Waals surface area contributed by atoms with Crippen molar-refractivity contribution in [1.82, 2.24) is 5.32 Å². The molecule has 2 aromatic rings. The van der Waals surface area contributed by atoms with Crippen LogP contribution in [0.1, 0.15) is 31.9 Å². The van der Waals surface area contributed by atoms with Crippen LogP contribution in [0.25, 0.3) is 0 Å². The molecule has 0 radical (unpaired) electrons. The van der Waals surface area contributed by atoms with E-state index in [0.29, 0.717) is 0 Å². The number of ether oxygens (including phenoxy) is 5. The van der Waals surface area contributed by atoms with Gasteiger partial charge in [0.25, 0.3) is 0 Å². The molecular formula is C29H33Cl3NO12P. The minimum atomic E-state index is -2.26. The van der Waals surface area contributed by atoms with Gasteiger partial charge in [-0.15, -0.1) is 0 Å².